The molecule has 1 heteroatoms. The van der Waals surface area contributed by atoms with Gasteiger partial charge in [-0.1, -0.05) is 39.0 Å². The molecular weight excluding hydrogens is 160 g/mol. The van der Waals surface area contributed by atoms with Gasteiger partial charge in [-0.15, -0.1) is 0 Å². The average molecular weight is 182 g/mol. The zero-order valence-electron chi connectivity index (χ0n) is 8.80. The van der Waals surface area contributed by atoms with Gasteiger partial charge in [0.25, 0.3) is 0 Å². The van der Waals surface area contributed by atoms with Crippen molar-refractivity contribution >= 4 is 6.29 Å². The molecular formula is C12H22O. The second-order valence-electron chi connectivity index (χ2n) is 4.59. The molecule has 1 aliphatic carbocycles. The number of hydrogen-bond donors (Lipinski definition) is 0. The van der Waals surface area contributed by atoms with Crippen LogP contribution in [0.5, 0.6) is 0 Å². The molecule has 0 saturated heterocycles. The van der Waals surface area contributed by atoms with Crippen LogP contribution in [-0.4, -0.2) is 6.29 Å². The van der Waals surface area contributed by atoms with Crippen molar-refractivity contribution in [3.8, 4) is 0 Å². The maximum Gasteiger partial charge on any atom is 0.119 e. The maximum atomic E-state index is 10.1. The first-order chi connectivity index (χ1) is 6.33. The summed E-state index contributed by atoms with van der Waals surface area (Å²) < 4.78 is 0. The highest BCUT2D eigenvalue weighted by Crippen LogP contribution is 2.31. The third kappa shape index (κ3) is 4.44. The first-order valence-electron chi connectivity index (χ1n) is 5.76. The van der Waals surface area contributed by atoms with E-state index >= 15 is 0 Å². The standard InChI is InChI=1S/C12H22O/c1-11-6-5-8-12(10-11)7-3-2-4-9-13/h9,11-12H,2-8,10H2,1H3. The van der Waals surface area contributed by atoms with Gasteiger partial charge in [-0.25, -0.2) is 0 Å². The summed E-state index contributed by atoms with van der Waals surface area (Å²) in [5.74, 6) is 1.92. The Kier molecular flexibility index (Phi) is 5.10. The van der Waals surface area contributed by atoms with Gasteiger partial charge in [0.2, 0.25) is 0 Å². The van der Waals surface area contributed by atoms with Crippen LogP contribution in [0, 0.1) is 11.8 Å². The van der Waals surface area contributed by atoms with Crippen LogP contribution in [0.2, 0.25) is 0 Å². The quantitative estimate of drug-likeness (QED) is 0.469. The Morgan fingerprint density at radius 2 is 2.15 bits per heavy atom. The molecule has 0 bridgehead atoms. The first-order valence-corrected chi connectivity index (χ1v) is 5.76. The van der Waals surface area contributed by atoms with E-state index in [1.54, 1.807) is 0 Å². The Morgan fingerprint density at radius 1 is 1.31 bits per heavy atom. The smallest absolute Gasteiger partial charge is 0.119 e. The van der Waals surface area contributed by atoms with E-state index in [0.29, 0.717) is 0 Å². The molecule has 0 aromatic rings. The van der Waals surface area contributed by atoms with Gasteiger partial charge in [-0.2, -0.15) is 0 Å². The maximum absolute atomic E-state index is 10.1. The van der Waals surface area contributed by atoms with Crippen molar-refractivity contribution in [1.29, 1.82) is 0 Å². The van der Waals surface area contributed by atoms with Crippen LogP contribution >= 0.6 is 0 Å². The molecule has 0 aromatic heterocycles. The third-order valence-corrected chi connectivity index (χ3v) is 3.23. The molecule has 0 spiro atoms. The molecule has 0 amide bonds. The van der Waals surface area contributed by atoms with Gasteiger partial charge < -0.3 is 4.79 Å². The molecule has 76 valence electrons. The van der Waals surface area contributed by atoms with E-state index in [2.05, 4.69) is 6.92 Å². The highest BCUT2D eigenvalue weighted by atomic mass is 16.1. The van der Waals surface area contributed by atoms with Gasteiger partial charge in [0.05, 0.1) is 0 Å². The fraction of sp³-hybridized carbons (Fsp3) is 0.917. The lowest BCUT2D eigenvalue weighted by Crippen LogP contribution is -2.12. The van der Waals surface area contributed by atoms with Crippen LogP contribution in [0.15, 0.2) is 0 Å². The van der Waals surface area contributed by atoms with Crippen molar-refractivity contribution in [3.05, 3.63) is 0 Å². The van der Waals surface area contributed by atoms with Crippen molar-refractivity contribution in [2.24, 2.45) is 11.8 Å². The van der Waals surface area contributed by atoms with Crippen molar-refractivity contribution in [2.45, 2.75) is 58.3 Å². The predicted molar refractivity (Wildman–Crippen MR) is 55.7 cm³/mol. The number of aldehydes is 1. The predicted octanol–water partition coefficient (Wildman–Crippen LogP) is 3.57. The Morgan fingerprint density at radius 3 is 2.85 bits per heavy atom. The fourth-order valence-electron chi connectivity index (χ4n) is 2.48. The minimum Gasteiger partial charge on any atom is -0.303 e. The van der Waals surface area contributed by atoms with E-state index in [4.69, 9.17) is 0 Å². The van der Waals surface area contributed by atoms with Crippen LogP contribution in [0.3, 0.4) is 0 Å². The van der Waals surface area contributed by atoms with E-state index in [0.717, 1.165) is 31.0 Å². The minimum absolute atomic E-state index is 0.766. The highest BCUT2D eigenvalue weighted by Gasteiger charge is 2.17. The Labute approximate surface area is 81.9 Å². The van der Waals surface area contributed by atoms with Crippen molar-refractivity contribution in [3.63, 3.8) is 0 Å². The summed E-state index contributed by atoms with van der Waals surface area (Å²) in [4.78, 5) is 10.1. The van der Waals surface area contributed by atoms with E-state index < -0.39 is 0 Å². The third-order valence-electron chi connectivity index (χ3n) is 3.23. The number of rotatable bonds is 5. The van der Waals surface area contributed by atoms with Gasteiger partial charge in [0.15, 0.2) is 0 Å². The second-order valence-corrected chi connectivity index (χ2v) is 4.59. The van der Waals surface area contributed by atoms with Gasteiger partial charge in [0.1, 0.15) is 6.29 Å². The number of unbranched alkanes of at least 4 members (excludes halogenated alkanes) is 2. The highest BCUT2D eigenvalue weighted by molar-refractivity contribution is 5.48. The van der Waals surface area contributed by atoms with Crippen LogP contribution in [0.25, 0.3) is 0 Å². The zero-order valence-corrected chi connectivity index (χ0v) is 8.80. The molecule has 1 aliphatic rings. The molecule has 0 aliphatic heterocycles. The van der Waals surface area contributed by atoms with Gasteiger partial charge in [-0.3, -0.25) is 0 Å². The molecule has 2 unspecified atom stereocenters. The summed E-state index contributed by atoms with van der Waals surface area (Å²) in [5, 5.41) is 0. The fourth-order valence-corrected chi connectivity index (χ4v) is 2.48. The molecule has 0 aromatic carbocycles. The molecule has 0 radical (unpaired) electrons. The molecule has 0 N–H and O–H groups in total. The molecule has 13 heavy (non-hydrogen) atoms. The first kappa shape index (κ1) is 10.7. The normalized spacial score (nSPS) is 28.7. The molecule has 1 saturated carbocycles. The van der Waals surface area contributed by atoms with Crippen molar-refractivity contribution in [2.75, 3.05) is 0 Å². The monoisotopic (exact) mass is 182 g/mol. The number of carbonyl (C=O) groups is 1. The van der Waals surface area contributed by atoms with Crippen molar-refractivity contribution in [1.82, 2.24) is 0 Å². The molecule has 1 nitrogen and oxygen atoms in total. The van der Waals surface area contributed by atoms with Gasteiger partial charge in [-0.05, 0) is 24.7 Å². The van der Waals surface area contributed by atoms with E-state index in [9.17, 15) is 4.79 Å². The summed E-state index contributed by atoms with van der Waals surface area (Å²) in [6.45, 7) is 2.37. The average Bonchev–Trinajstić information content (AvgIpc) is 2.13. The van der Waals surface area contributed by atoms with Crippen LogP contribution in [0.4, 0.5) is 0 Å². The zero-order chi connectivity index (χ0) is 9.52. The Balaban J connectivity index is 2.03. The Hall–Kier alpha value is -0.330. The molecule has 1 fully saturated rings. The van der Waals surface area contributed by atoms with Crippen LogP contribution in [-0.2, 0) is 4.79 Å². The number of carbonyl (C=O) groups excluding carboxylic acids is 1. The Bertz CT molecular complexity index is 142. The lowest BCUT2D eigenvalue weighted by atomic mass is 9.80. The minimum atomic E-state index is 0.766. The lowest BCUT2D eigenvalue weighted by Gasteiger charge is -2.26. The molecule has 1 rings (SSSR count). The topological polar surface area (TPSA) is 17.1 Å². The van der Waals surface area contributed by atoms with E-state index in [1.807, 2.05) is 0 Å². The summed E-state index contributed by atoms with van der Waals surface area (Å²) in [5.41, 5.74) is 0. The van der Waals surface area contributed by atoms with Crippen molar-refractivity contribution < 1.29 is 4.79 Å². The van der Waals surface area contributed by atoms with Gasteiger partial charge in [0, 0.05) is 6.42 Å². The lowest BCUT2D eigenvalue weighted by molar-refractivity contribution is -0.107. The molecule has 0 heterocycles. The SMILES string of the molecule is CC1CCCC(CCCCC=O)C1. The van der Waals surface area contributed by atoms with Crippen LogP contribution < -0.4 is 0 Å². The second kappa shape index (κ2) is 6.17. The summed E-state index contributed by atoms with van der Waals surface area (Å²) in [6.07, 6.45) is 11.3. The summed E-state index contributed by atoms with van der Waals surface area (Å²) in [6, 6.07) is 0. The van der Waals surface area contributed by atoms with E-state index in [-0.39, 0.29) is 0 Å². The molecule has 2 atom stereocenters. The largest absolute Gasteiger partial charge is 0.303 e. The summed E-state index contributed by atoms with van der Waals surface area (Å²) >= 11 is 0. The van der Waals surface area contributed by atoms with Crippen LogP contribution in [0.1, 0.15) is 58.3 Å². The van der Waals surface area contributed by atoms with Gasteiger partial charge >= 0.3 is 0 Å². The summed E-state index contributed by atoms with van der Waals surface area (Å²) in [7, 11) is 0. The number of hydrogen-bond acceptors (Lipinski definition) is 1. The van der Waals surface area contributed by atoms with E-state index in [1.165, 1.54) is 38.5 Å².